The van der Waals surface area contributed by atoms with Crippen LogP contribution in [0.4, 0.5) is 5.82 Å². The third kappa shape index (κ3) is 4.03. The maximum atomic E-state index is 11.6. The quantitative estimate of drug-likeness (QED) is 0.768. The Kier molecular flexibility index (Phi) is 3.74. The molecule has 1 rings (SSSR count). The van der Waals surface area contributed by atoms with Crippen molar-refractivity contribution in [2.24, 2.45) is 0 Å². The highest BCUT2D eigenvalue weighted by atomic mass is 16.1. The largest absolute Gasteiger partial charge is 0.314 e. The van der Waals surface area contributed by atoms with Gasteiger partial charge in [0, 0.05) is 24.4 Å². The Morgan fingerprint density at radius 1 is 1.47 bits per heavy atom. The smallest absolute Gasteiger partial charge is 0.227 e. The zero-order valence-electron chi connectivity index (χ0n) is 9.24. The van der Waals surface area contributed by atoms with Crippen molar-refractivity contribution in [3.8, 4) is 0 Å². The number of nitrogens with one attached hydrogen (secondary N) is 2. The Labute approximate surface area is 89.3 Å². The minimum absolute atomic E-state index is 0.0742. The van der Waals surface area contributed by atoms with Crippen LogP contribution in [-0.2, 0) is 4.79 Å². The summed E-state index contributed by atoms with van der Waals surface area (Å²) in [6.45, 7) is 3.92. The van der Waals surface area contributed by atoms with Gasteiger partial charge in [-0.2, -0.15) is 0 Å². The average Bonchev–Trinajstić information content (AvgIpc) is 2.18. The van der Waals surface area contributed by atoms with Gasteiger partial charge in [-0.05, 0) is 20.9 Å². The molecule has 0 bridgehead atoms. The van der Waals surface area contributed by atoms with Gasteiger partial charge < -0.3 is 10.6 Å². The van der Waals surface area contributed by atoms with Crippen molar-refractivity contribution in [2.45, 2.75) is 25.8 Å². The molecule has 0 atom stereocenters. The van der Waals surface area contributed by atoms with Crippen LogP contribution in [0.15, 0.2) is 18.6 Å². The molecule has 0 aliphatic heterocycles. The summed E-state index contributed by atoms with van der Waals surface area (Å²) in [5, 5.41) is 5.74. The van der Waals surface area contributed by atoms with Crippen LogP contribution in [0, 0.1) is 0 Å². The third-order valence-electron chi connectivity index (χ3n) is 2.11. The number of aromatic nitrogens is 2. The van der Waals surface area contributed by atoms with Gasteiger partial charge in [-0.1, -0.05) is 0 Å². The van der Waals surface area contributed by atoms with E-state index in [2.05, 4.69) is 20.6 Å². The van der Waals surface area contributed by atoms with Gasteiger partial charge in [-0.25, -0.2) is 4.98 Å². The van der Waals surface area contributed by atoms with E-state index in [0.29, 0.717) is 12.2 Å². The lowest BCUT2D eigenvalue weighted by Crippen LogP contribution is -2.39. The molecule has 15 heavy (non-hydrogen) atoms. The number of carbonyl (C=O) groups is 1. The summed E-state index contributed by atoms with van der Waals surface area (Å²) in [6.07, 6.45) is 5.01. The molecule has 5 nitrogen and oxygen atoms in total. The van der Waals surface area contributed by atoms with Crippen molar-refractivity contribution < 1.29 is 4.79 Å². The lowest BCUT2D eigenvalue weighted by molar-refractivity contribution is -0.117. The van der Waals surface area contributed by atoms with Crippen LogP contribution in [0.25, 0.3) is 0 Å². The molecule has 1 amide bonds. The molecule has 1 aromatic rings. The topological polar surface area (TPSA) is 66.9 Å². The highest BCUT2D eigenvalue weighted by Crippen LogP contribution is 2.08. The summed E-state index contributed by atoms with van der Waals surface area (Å²) in [5.41, 5.74) is -0.216. The van der Waals surface area contributed by atoms with Gasteiger partial charge in [-0.15, -0.1) is 0 Å². The van der Waals surface area contributed by atoms with E-state index in [1.165, 1.54) is 6.20 Å². The van der Waals surface area contributed by atoms with E-state index in [0.717, 1.165) is 0 Å². The molecule has 1 aromatic heterocycles. The minimum Gasteiger partial charge on any atom is -0.314 e. The third-order valence-corrected chi connectivity index (χ3v) is 2.11. The summed E-state index contributed by atoms with van der Waals surface area (Å²) in [7, 11) is 1.83. The monoisotopic (exact) mass is 208 g/mol. The molecule has 82 valence electrons. The highest BCUT2D eigenvalue weighted by Gasteiger charge is 2.19. The number of nitrogens with zero attached hydrogens (tertiary/aromatic N) is 2. The van der Waals surface area contributed by atoms with Gasteiger partial charge in [0.2, 0.25) is 5.91 Å². The van der Waals surface area contributed by atoms with Crippen molar-refractivity contribution in [1.29, 1.82) is 0 Å². The number of hydrogen-bond donors (Lipinski definition) is 2. The van der Waals surface area contributed by atoms with Crippen LogP contribution in [0.5, 0.6) is 0 Å². The fourth-order valence-electron chi connectivity index (χ4n) is 1.04. The predicted molar refractivity (Wildman–Crippen MR) is 58.4 cm³/mol. The minimum atomic E-state index is -0.216. The first-order chi connectivity index (χ1) is 7.03. The highest BCUT2D eigenvalue weighted by molar-refractivity contribution is 5.90. The van der Waals surface area contributed by atoms with Crippen LogP contribution in [0.2, 0.25) is 0 Å². The van der Waals surface area contributed by atoms with E-state index in [1.54, 1.807) is 12.4 Å². The van der Waals surface area contributed by atoms with Crippen LogP contribution in [0.1, 0.15) is 20.3 Å². The number of hydrogen-bond acceptors (Lipinski definition) is 4. The molecule has 0 saturated heterocycles. The second kappa shape index (κ2) is 4.84. The lowest BCUT2D eigenvalue weighted by Gasteiger charge is -2.22. The predicted octanol–water partition coefficient (Wildman–Crippen LogP) is 0.803. The number of rotatable bonds is 4. The molecule has 2 N–H and O–H groups in total. The zero-order chi connectivity index (χ0) is 11.3. The summed E-state index contributed by atoms with van der Waals surface area (Å²) in [5.74, 6) is 0.407. The van der Waals surface area contributed by atoms with E-state index in [-0.39, 0.29) is 11.4 Å². The maximum Gasteiger partial charge on any atom is 0.227 e. The van der Waals surface area contributed by atoms with Gasteiger partial charge >= 0.3 is 0 Å². The van der Waals surface area contributed by atoms with E-state index in [1.807, 2.05) is 20.9 Å². The average molecular weight is 208 g/mol. The van der Waals surface area contributed by atoms with Crippen molar-refractivity contribution in [2.75, 3.05) is 12.4 Å². The molecule has 0 saturated carbocycles. The van der Waals surface area contributed by atoms with Crippen LogP contribution in [0.3, 0.4) is 0 Å². The zero-order valence-corrected chi connectivity index (χ0v) is 9.24. The van der Waals surface area contributed by atoms with Crippen LogP contribution < -0.4 is 10.6 Å². The normalized spacial score (nSPS) is 11.1. The summed E-state index contributed by atoms with van der Waals surface area (Å²) in [4.78, 5) is 19.4. The van der Waals surface area contributed by atoms with Crippen LogP contribution in [-0.4, -0.2) is 28.5 Å². The first-order valence-corrected chi connectivity index (χ1v) is 4.78. The Morgan fingerprint density at radius 2 is 2.20 bits per heavy atom. The van der Waals surface area contributed by atoms with Gasteiger partial charge in [-0.3, -0.25) is 9.78 Å². The maximum absolute atomic E-state index is 11.6. The van der Waals surface area contributed by atoms with E-state index in [9.17, 15) is 4.79 Å². The Bertz CT molecular complexity index is 323. The number of carbonyl (C=O) groups excluding carboxylic acids is 1. The van der Waals surface area contributed by atoms with Gasteiger partial charge in [0.05, 0.1) is 6.20 Å². The Balaban J connectivity index is 2.51. The molecule has 0 aliphatic carbocycles. The fourth-order valence-corrected chi connectivity index (χ4v) is 1.04. The van der Waals surface area contributed by atoms with Crippen molar-refractivity contribution >= 4 is 11.7 Å². The second-order valence-corrected chi connectivity index (χ2v) is 3.95. The molecule has 0 unspecified atom stereocenters. The molecule has 1 heterocycles. The van der Waals surface area contributed by atoms with E-state index in [4.69, 9.17) is 0 Å². The first-order valence-electron chi connectivity index (χ1n) is 4.78. The van der Waals surface area contributed by atoms with Crippen LogP contribution >= 0.6 is 0 Å². The first kappa shape index (κ1) is 11.6. The van der Waals surface area contributed by atoms with Gasteiger partial charge in [0.1, 0.15) is 0 Å². The molecule has 0 fully saturated rings. The summed E-state index contributed by atoms with van der Waals surface area (Å²) in [6, 6.07) is 0. The molecule has 0 aromatic carbocycles. The lowest BCUT2D eigenvalue weighted by atomic mass is 10.0. The van der Waals surface area contributed by atoms with Crippen molar-refractivity contribution in [3.05, 3.63) is 18.6 Å². The summed E-state index contributed by atoms with van der Waals surface area (Å²) < 4.78 is 0. The van der Waals surface area contributed by atoms with E-state index < -0.39 is 0 Å². The standard InChI is InChI=1S/C10H16N4O/c1-10(2,11-3)6-9(15)14-8-7-12-4-5-13-8/h4-5,7,11H,6H2,1-3H3,(H,13,14,15). The fraction of sp³-hybridized carbons (Fsp3) is 0.500. The SMILES string of the molecule is CNC(C)(C)CC(=O)Nc1cnccn1. The van der Waals surface area contributed by atoms with E-state index >= 15 is 0 Å². The molecule has 0 radical (unpaired) electrons. The van der Waals surface area contributed by atoms with Gasteiger partial charge in [0.15, 0.2) is 5.82 Å². The molecular formula is C10H16N4O. The number of anilines is 1. The van der Waals surface area contributed by atoms with Gasteiger partial charge in [0.25, 0.3) is 0 Å². The number of amides is 1. The molecule has 0 spiro atoms. The Morgan fingerprint density at radius 3 is 2.73 bits per heavy atom. The molecule has 0 aliphatic rings. The summed E-state index contributed by atoms with van der Waals surface area (Å²) >= 11 is 0. The van der Waals surface area contributed by atoms with Crippen molar-refractivity contribution in [1.82, 2.24) is 15.3 Å². The Hall–Kier alpha value is -1.49. The molecule has 5 heteroatoms. The second-order valence-electron chi connectivity index (χ2n) is 3.95. The molecular weight excluding hydrogens is 192 g/mol. The van der Waals surface area contributed by atoms with Crippen molar-refractivity contribution in [3.63, 3.8) is 0 Å².